The van der Waals surface area contributed by atoms with E-state index in [4.69, 9.17) is 0 Å². The van der Waals surface area contributed by atoms with Crippen LogP contribution in [0.1, 0.15) is 57.6 Å². The zero-order chi connectivity index (χ0) is 19.4. The monoisotopic (exact) mass is 371 g/mol. The fraction of sp³-hybridized carbons (Fsp3) is 0.476. The van der Waals surface area contributed by atoms with Crippen LogP contribution >= 0.6 is 0 Å². The van der Waals surface area contributed by atoms with Gasteiger partial charge in [-0.3, -0.25) is 9.59 Å². The Bertz CT molecular complexity index is 870. The number of benzene rings is 1. The highest BCUT2D eigenvalue weighted by Gasteiger charge is 2.18. The van der Waals surface area contributed by atoms with E-state index in [1.54, 1.807) is 12.1 Å². The van der Waals surface area contributed by atoms with E-state index in [1.807, 2.05) is 13.8 Å². The minimum absolute atomic E-state index is 0.0246. The summed E-state index contributed by atoms with van der Waals surface area (Å²) in [7, 11) is 0. The van der Waals surface area contributed by atoms with E-state index in [1.165, 1.54) is 29.3 Å². The molecule has 1 heterocycles. The maximum Gasteiger partial charge on any atom is 0.267 e. The van der Waals surface area contributed by atoms with Gasteiger partial charge in [-0.2, -0.15) is 5.10 Å². The number of carbonyl (C=O) groups is 1. The van der Waals surface area contributed by atoms with Crippen LogP contribution in [0, 0.1) is 5.82 Å². The van der Waals surface area contributed by atoms with Gasteiger partial charge in [0.05, 0.1) is 5.69 Å². The third-order valence-corrected chi connectivity index (χ3v) is 4.97. The van der Waals surface area contributed by atoms with Gasteiger partial charge in [0.1, 0.15) is 12.4 Å². The summed E-state index contributed by atoms with van der Waals surface area (Å²) in [6.45, 7) is 3.82. The smallest absolute Gasteiger partial charge is 0.267 e. The molecular formula is C21H26FN3O2. The molecule has 0 spiro atoms. The van der Waals surface area contributed by atoms with Gasteiger partial charge in [-0.05, 0) is 36.5 Å². The molecule has 1 aromatic heterocycles. The molecule has 144 valence electrons. The first-order valence-electron chi connectivity index (χ1n) is 9.61. The fourth-order valence-electron chi connectivity index (χ4n) is 3.59. The topological polar surface area (TPSA) is 64.0 Å². The number of aromatic nitrogens is 2. The first kappa shape index (κ1) is 19.3. The summed E-state index contributed by atoms with van der Waals surface area (Å²) in [5.74, 6) is -0.528. The lowest BCUT2D eigenvalue weighted by Gasteiger charge is -2.23. The molecule has 0 bridgehead atoms. The third-order valence-electron chi connectivity index (χ3n) is 4.97. The molecule has 0 unspecified atom stereocenters. The average Bonchev–Trinajstić information content (AvgIpc) is 2.63. The van der Waals surface area contributed by atoms with Crippen LogP contribution in [0.2, 0.25) is 0 Å². The van der Waals surface area contributed by atoms with Crippen molar-refractivity contribution in [2.45, 2.75) is 64.5 Å². The molecule has 1 saturated carbocycles. The highest BCUT2D eigenvalue weighted by atomic mass is 19.1. The number of hydrogen-bond acceptors (Lipinski definition) is 3. The number of amides is 1. The Morgan fingerprint density at radius 2 is 2.00 bits per heavy atom. The Morgan fingerprint density at radius 3 is 2.67 bits per heavy atom. The first-order chi connectivity index (χ1) is 12.9. The molecule has 1 fully saturated rings. The quantitative estimate of drug-likeness (QED) is 0.873. The van der Waals surface area contributed by atoms with Gasteiger partial charge < -0.3 is 5.32 Å². The SMILES string of the molecule is CC(C)c1nn(CC(=O)NC2CCCCC2)c(=O)cc1-c1cccc(F)c1. The van der Waals surface area contributed by atoms with E-state index in [0.717, 1.165) is 25.7 Å². The summed E-state index contributed by atoms with van der Waals surface area (Å²) < 4.78 is 14.8. The molecule has 6 heteroatoms. The van der Waals surface area contributed by atoms with Gasteiger partial charge in [0.2, 0.25) is 5.91 Å². The Balaban J connectivity index is 1.85. The molecule has 0 saturated heterocycles. The maximum atomic E-state index is 13.6. The van der Waals surface area contributed by atoms with E-state index in [2.05, 4.69) is 10.4 Å². The summed E-state index contributed by atoms with van der Waals surface area (Å²) in [6, 6.07) is 7.76. The number of nitrogens with one attached hydrogen (secondary N) is 1. The molecule has 5 nitrogen and oxygen atoms in total. The lowest BCUT2D eigenvalue weighted by molar-refractivity contribution is -0.122. The summed E-state index contributed by atoms with van der Waals surface area (Å²) >= 11 is 0. The zero-order valence-electron chi connectivity index (χ0n) is 15.9. The second kappa shape index (κ2) is 8.46. The van der Waals surface area contributed by atoms with E-state index in [0.29, 0.717) is 16.8 Å². The summed E-state index contributed by atoms with van der Waals surface area (Å²) in [5.41, 5.74) is 1.53. The van der Waals surface area contributed by atoms with Crippen LogP contribution in [0.4, 0.5) is 4.39 Å². The van der Waals surface area contributed by atoms with Crippen molar-refractivity contribution in [2.24, 2.45) is 0 Å². The molecule has 3 rings (SSSR count). The fourth-order valence-corrected chi connectivity index (χ4v) is 3.59. The highest BCUT2D eigenvalue weighted by molar-refractivity contribution is 5.76. The lowest BCUT2D eigenvalue weighted by atomic mass is 9.95. The van der Waals surface area contributed by atoms with Gasteiger partial charge in [0.25, 0.3) is 5.56 Å². The average molecular weight is 371 g/mol. The molecule has 1 amide bonds. The predicted molar refractivity (Wildman–Crippen MR) is 103 cm³/mol. The lowest BCUT2D eigenvalue weighted by Crippen LogP contribution is -2.40. The van der Waals surface area contributed by atoms with E-state index in [9.17, 15) is 14.0 Å². The van der Waals surface area contributed by atoms with Gasteiger partial charge in [-0.25, -0.2) is 9.07 Å². The van der Waals surface area contributed by atoms with E-state index < -0.39 is 0 Å². The molecule has 1 aromatic carbocycles. The molecule has 0 atom stereocenters. The Morgan fingerprint density at radius 1 is 1.26 bits per heavy atom. The van der Waals surface area contributed by atoms with Crippen LogP contribution in [0.25, 0.3) is 11.1 Å². The van der Waals surface area contributed by atoms with Crippen LogP contribution in [-0.4, -0.2) is 21.7 Å². The zero-order valence-corrected chi connectivity index (χ0v) is 15.9. The normalized spacial score (nSPS) is 15.1. The van der Waals surface area contributed by atoms with Gasteiger partial charge in [0.15, 0.2) is 0 Å². The first-order valence-corrected chi connectivity index (χ1v) is 9.61. The molecular weight excluding hydrogens is 345 g/mol. The number of hydrogen-bond donors (Lipinski definition) is 1. The van der Waals surface area contributed by atoms with Crippen molar-refractivity contribution in [3.05, 3.63) is 52.2 Å². The molecule has 1 aliphatic rings. The van der Waals surface area contributed by atoms with Crippen molar-refractivity contribution < 1.29 is 9.18 Å². The molecule has 1 aliphatic carbocycles. The van der Waals surface area contributed by atoms with Crippen molar-refractivity contribution in [2.75, 3.05) is 0 Å². The Hall–Kier alpha value is -2.50. The van der Waals surface area contributed by atoms with E-state index >= 15 is 0 Å². The summed E-state index contributed by atoms with van der Waals surface area (Å²) in [4.78, 5) is 24.9. The van der Waals surface area contributed by atoms with Crippen LogP contribution < -0.4 is 10.9 Å². The van der Waals surface area contributed by atoms with Gasteiger partial charge in [-0.15, -0.1) is 0 Å². The van der Waals surface area contributed by atoms with Crippen LogP contribution in [-0.2, 0) is 11.3 Å². The second-order valence-corrected chi connectivity index (χ2v) is 7.51. The minimum atomic E-state index is -0.363. The molecule has 2 aromatic rings. The third kappa shape index (κ3) is 4.81. The van der Waals surface area contributed by atoms with Crippen molar-refractivity contribution in [1.29, 1.82) is 0 Å². The van der Waals surface area contributed by atoms with Crippen molar-refractivity contribution in [1.82, 2.24) is 15.1 Å². The molecule has 0 radical (unpaired) electrons. The van der Waals surface area contributed by atoms with Crippen LogP contribution in [0.15, 0.2) is 35.1 Å². The van der Waals surface area contributed by atoms with Crippen molar-refractivity contribution in [3.8, 4) is 11.1 Å². The van der Waals surface area contributed by atoms with Crippen molar-refractivity contribution in [3.63, 3.8) is 0 Å². The molecule has 0 aliphatic heterocycles. The van der Waals surface area contributed by atoms with Gasteiger partial charge in [0, 0.05) is 17.7 Å². The van der Waals surface area contributed by atoms with Gasteiger partial charge in [-0.1, -0.05) is 45.2 Å². The van der Waals surface area contributed by atoms with E-state index in [-0.39, 0.29) is 35.8 Å². The predicted octanol–water partition coefficient (Wildman–Crippen LogP) is 3.62. The summed E-state index contributed by atoms with van der Waals surface area (Å²) in [5, 5.41) is 7.44. The van der Waals surface area contributed by atoms with Gasteiger partial charge >= 0.3 is 0 Å². The standard InChI is InChI=1S/C21H26FN3O2/c1-14(2)21-18(15-7-6-8-16(22)11-15)12-20(27)25(24-21)13-19(26)23-17-9-4-3-5-10-17/h6-8,11-12,14,17H,3-5,9-10,13H2,1-2H3,(H,23,26). The number of rotatable bonds is 5. The molecule has 1 N–H and O–H groups in total. The Kier molecular flexibility index (Phi) is 6.04. The van der Waals surface area contributed by atoms with Crippen LogP contribution in [0.5, 0.6) is 0 Å². The highest BCUT2D eigenvalue weighted by Crippen LogP contribution is 2.26. The largest absolute Gasteiger partial charge is 0.352 e. The molecule has 27 heavy (non-hydrogen) atoms. The Labute approximate surface area is 158 Å². The maximum absolute atomic E-state index is 13.6. The summed E-state index contributed by atoms with van der Waals surface area (Å²) in [6.07, 6.45) is 5.45. The number of carbonyl (C=O) groups excluding carboxylic acids is 1. The minimum Gasteiger partial charge on any atom is -0.352 e. The number of halogens is 1. The van der Waals surface area contributed by atoms with Crippen molar-refractivity contribution >= 4 is 5.91 Å². The van der Waals surface area contributed by atoms with Crippen LogP contribution in [0.3, 0.4) is 0 Å². The second-order valence-electron chi connectivity index (χ2n) is 7.51. The number of nitrogens with zero attached hydrogens (tertiary/aromatic N) is 2.